The first kappa shape index (κ1) is 17.0. The largest absolute Gasteiger partial charge is 0.508 e. The minimum absolute atomic E-state index is 0.0224. The molecule has 1 N–H and O–H groups in total. The molecule has 3 aromatic rings. The summed E-state index contributed by atoms with van der Waals surface area (Å²) in [5.74, 6) is -1.68. The lowest BCUT2D eigenvalue weighted by molar-refractivity contribution is 0.0468. The molecule has 0 saturated heterocycles. The van der Waals surface area contributed by atoms with E-state index in [0.29, 0.717) is 16.5 Å². The average Bonchev–Trinajstić information content (AvgIpc) is 2.58. The summed E-state index contributed by atoms with van der Waals surface area (Å²) in [6.45, 7) is 1.33. The molecule has 0 bridgehead atoms. The van der Waals surface area contributed by atoms with Gasteiger partial charge in [-0.15, -0.1) is 0 Å². The van der Waals surface area contributed by atoms with Crippen LogP contribution in [0.2, 0.25) is 5.02 Å². The number of fused-ring (bicyclic) bond motifs is 1. The second-order valence-electron chi connectivity index (χ2n) is 5.38. The van der Waals surface area contributed by atoms with Crippen LogP contribution in [0.4, 0.5) is 4.39 Å². The quantitative estimate of drug-likeness (QED) is 0.563. The van der Waals surface area contributed by atoms with Crippen molar-refractivity contribution in [3.63, 3.8) is 0 Å². The maximum Gasteiger partial charge on any atom is 0.341 e. The predicted molar refractivity (Wildman–Crippen MR) is 89.4 cm³/mol. The maximum atomic E-state index is 13.7. The van der Waals surface area contributed by atoms with Crippen LogP contribution in [0.5, 0.6) is 5.75 Å². The topological polar surface area (TPSA) is 76.7 Å². The SMILES string of the molecule is Cc1c(O)ccc2c(COC(=O)c3cc(Cl)ccc3F)cc(=O)oc12. The van der Waals surface area contributed by atoms with Gasteiger partial charge in [0.15, 0.2) is 0 Å². The van der Waals surface area contributed by atoms with E-state index in [4.69, 9.17) is 20.8 Å². The molecule has 0 fully saturated rings. The van der Waals surface area contributed by atoms with Gasteiger partial charge in [0.2, 0.25) is 0 Å². The van der Waals surface area contributed by atoms with Crippen LogP contribution in [0, 0.1) is 12.7 Å². The molecular formula is C18H12ClFO5. The lowest BCUT2D eigenvalue weighted by Crippen LogP contribution is -2.09. The Morgan fingerprint density at radius 2 is 2.04 bits per heavy atom. The molecule has 0 amide bonds. The van der Waals surface area contributed by atoms with Crippen LogP contribution >= 0.6 is 11.6 Å². The van der Waals surface area contributed by atoms with Crippen LogP contribution in [0.3, 0.4) is 0 Å². The fourth-order valence-corrected chi connectivity index (χ4v) is 2.58. The molecule has 25 heavy (non-hydrogen) atoms. The van der Waals surface area contributed by atoms with E-state index < -0.39 is 17.4 Å². The van der Waals surface area contributed by atoms with Crippen molar-refractivity contribution in [3.05, 3.63) is 74.3 Å². The highest BCUT2D eigenvalue weighted by Gasteiger charge is 2.16. The van der Waals surface area contributed by atoms with E-state index in [9.17, 15) is 19.1 Å². The summed E-state index contributed by atoms with van der Waals surface area (Å²) in [6, 6.07) is 7.72. The first-order chi connectivity index (χ1) is 11.9. The number of phenolic OH excluding ortho intramolecular Hbond substituents is 1. The first-order valence-corrected chi connectivity index (χ1v) is 7.62. The van der Waals surface area contributed by atoms with Gasteiger partial charge < -0.3 is 14.3 Å². The number of carbonyl (C=O) groups excluding carboxylic acids is 1. The molecule has 1 aromatic heterocycles. The van der Waals surface area contributed by atoms with Gasteiger partial charge in [-0.1, -0.05) is 11.6 Å². The van der Waals surface area contributed by atoms with Crippen LogP contribution in [-0.2, 0) is 11.3 Å². The molecule has 0 radical (unpaired) electrons. The molecule has 5 nitrogen and oxygen atoms in total. The average molecular weight is 363 g/mol. The van der Waals surface area contributed by atoms with E-state index in [1.54, 1.807) is 13.0 Å². The zero-order chi connectivity index (χ0) is 18.1. The highest BCUT2D eigenvalue weighted by Crippen LogP contribution is 2.28. The van der Waals surface area contributed by atoms with Crippen molar-refractivity contribution in [1.82, 2.24) is 0 Å². The van der Waals surface area contributed by atoms with Gasteiger partial charge >= 0.3 is 11.6 Å². The van der Waals surface area contributed by atoms with Gasteiger partial charge in [-0.2, -0.15) is 0 Å². The van der Waals surface area contributed by atoms with E-state index in [1.807, 2.05) is 0 Å². The van der Waals surface area contributed by atoms with Crippen LogP contribution in [-0.4, -0.2) is 11.1 Å². The van der Waals surface area contributed by atoms with E-state index in [0.717, 1.165) is 6.07 Å². The molecule has 0 unspecified atom stereocenters. The number of phenols is 1. The lowest BCUT2D eigenvalue weighted by atomic mass is 10.1. The molecule has 128 valence electrons. The van der Waals surface area contributed by atoms with Crippen molar-refractivity contribution in [3.8, 4) is 5.75 Å². The van der Waals surface area contributed by atoms with Gasteiger partial charge in [-0.25, -0.2) is 14.0 Å². The van der Waals surface area contributed by atoms with Crippen LogP contribution in [0.25, 0.3) is 11.0 Å². The number of hydrogen-bond donors (Lipinski definition) is 1. The summed E-state index contributed by atoms with van der Waals surface area (Å²) in [4.78, 5) is 23.8. The number of esters is 1. The molecule has 1 heterocycles. The number of carbonyl (C=O) groups is 1. The molecule has 0 spiro atoms. The first-order valence-electron chi connectivity index (χ1n) is 7.24. The van der Waals surface area contributed by atoms with E-state index in [1.165, 1.54) is 24.3 Å². The number of halogens is 2. The van der Waals surface area contributed by atoms with E-state index in [-0.39, 0.29) is 28.5 Å². The predicted octanol–water partition coefficient (Wildman–Crippen LogP) is 3.96. The summed E-state index contributed by atoms with van der Waals surface area (Å²) < 4.78 is 23.9. The molecule has 0 atom stereocenters. The van der Waals surface area contributed by atoms with Gasteiger partial charge in [0.1, 0.15) is 23.8 Å². The third kappa shape index (κ3) is 3.34. The second-order valence-corrected chi connectivity index (χ2v) is 5.81. The maximum absolute atomic E-state index is 13.7. The van der Waals surface area contributed by atoms with E-state index in [2.05, 4.69) is 0 Å². The zero-order valence-electron chi connectivity index (χ0n) is 13.0. The molecule has 0 aliphatic carbocycles. The minimum Gasteiger partial charge on any atom is -0.508 e. The molecule has 7 heteroatoms. The Bertz CT molecular complexity index is 1040. The van der Waals surface area contributed by atoms with Crippen molar-refractivity contribution in [2.45, 2.75) is 13.5 Å². The third-order valence-electron chi connectivity index (χ3n) is 3.73. The van der Waals surface area contributed by atoms with Crippen LogP contribution in [0.15, 0.2) is 45.6 Å². The zero-order valence-corrected chi connectivity index (χ0v) is 13.8. The van der Waals surface area contributed by atoms with Crippen LogP contribution < -0.4 is 5.63 Å². The number of aryl methyl sites for hydroxylation is 1. The minimum atomic E-state index is -0.906. The Morgan fingerprint density at radius 3 is 2.80 bits per heavy atom. The number of hydrogen-bond acceptors (Lipinski definition) is 5. The fourth-order valence-electron chi connectivity index (χ4n) is 2.41. The molecular weight excluding hydrogens is 351 g/mol. The number of aromatic hydroxyl groups is 1. The number of benzene rings is 2. The van der Waals surface area contributed by atoms with Gasteiger partial charge in [0.05, 0.1) is 5.56 Å². The second kappa shape index (κ2) is 6.57. The monoisotopic (exact) mass is 362 g/mol. The van der Waals surface area contributed by atoms with Crippen LogP contribution in [0.1, 0.15) is 21.5 Å². The normalized spacial score (nSPS) is 10.8. The highest BCUT2D eigenvalue weighted by molar-refractivity contribution is 6.30. The Kier molecular flexibility index (Phi) is 4.46. The van der Waals surface area contributed by atoms with Gasteiger partial charge in [0, 0.05) is 27.6 Å². The van der Waals surface area contributed by atoms with Crippen molar-refractivity contribution < 1.29 is 23.4 Å². The van der Waals surface area contributed by atoms with Crippen molar-refractivity contribution >= 4 is 28.5 Å². The molecule has 2 aromatic carbocycles. The molecule has 0 aliphatic rings. The third-order valence-corrected chi connectivity index (χ3v) is 3.96. The molecule has 0 aliphatic heterocycles. The summed E-state index contributed by atoms with van der Waals surface area (Å²) in [7, 11) is 0. The van der Waals surface area contributed by atoms with Crippen molar-refractivity contribution in [2.75, 3.05) is 0 Å². The summed E-state index contributed by atoms with van der Waals surface area (Å²) in [5.41, 5.74) is 0.0241. The standard InChI is InChI=1S/C18H12ClFO5/c1-9-15(21)5-3-12-10(6-16(22)25-17(9)12)8-24-18(23)13-7-11(19)2-4-14(13)20/h2-7,21H,8H2,1H3. The number of ether oxygens (including phenoxy) is 1. The van der Waals surface area contributed by atoms with Crippen molar-refractivity contribution in [1.29, 1.82) is 0 Å². The smallest absolute Gasteiger partial charge is 0.341 e. The lowest BCUT2D eigenvalue weighted by Gasteiger charge is -2.09. The van der Waals surface area contributed by atoms with Gasteiger partial charge in [-0.3, -0.25) is 0 Å². The summed E-state index contributed by atoms with van der Waals surface area (Å²) >= 11 is 5.76. The summed E-state index contributed by atoms with van der Waals surface area (Å²) in [5, 5.41) is 10.4. The highest BCUT2D eigenvalue weighted by atomic mass is 35.5. The summed E-state index contributed by atoms with van der Waals surface area (Å²) in [6.07, 6.45) is 0. The molecule has 0 saturated carbocycles. The Balaban J connectivity index is 1.93. The van der Waals surface area contributed by atoms with Gasteiger partial charge in [-0.05, 0) is 37.3 Å². The Morgan fingerprint density at radius 1 is 1.28 bits per heavy atom. The van der Waals surface area contributed by atoms with Crippen molar-refractivity contribution in [2.24, 2.45) is 0 Å². The van der Waals surface area contributed by atoms with Gasteiger partial charge in [0.25, 0.3) is 0 Å². The van der Waals surface area contributed by atoms with E-state index >= 15 is 0 Å². The Hall–Kier alpha value is -2.86. The Labute approximate surface area is 146 Å². The molecule has 3 rings (SSSR count). The fraction of sp³-hybridized carbons (Fsp3) is 0.111. The number of rotatable bonds is 3.